The molecule has 2 aromatic rings. The molecule has 0 aliphatic rings. The van der Waals surface area contributed by atoms with Gasteiger partial charge in [0.25, 0.3) is 0 Å². The van der Waals surface area contributed by atoms with E-state index in [1.807, 2.05) is 24.3 Å². The minimum Gasteiger partial charge on any atom is -0.465 e. The number of nitrogens with two attached hydrogens (primary N) is 1. The minimum atomic E-state index is -0.749. The summed E-state index contributed by atoms with van der Waals surface area (Å²) in [6, 6.07) is 6.74. The van der Waals surface area contributed by atoms with E-state index < -0.39 is 12.0 Å². The van der Waals surface area contributed by atoms with E-state index >= 15 is 0 Å². The smallest absolute Gasteiger partial charge is 0.340 e. The van der Waals surface area contributed by atoms with Crippen LogP contribution in [0.1, 0.15) is 5.56 Å². The number of methoxy groups -OCH3 is 1. The number of nitrogens with one attached hydrogen (secondary N) is 2. The first-order chi connectivity index (χ1) is 9.13. The van der Waals surface area contributed by atoms with Crippen LogP contribution in [-0.4, -0.2) is 24.1 Å². The molecule has 4 N–H and O–H groups in total. The van der Waals surface area contributed by atoms with Gasteiger partial charge in [0.1, 0.15) is 0 Å². The number of rotatable bonds is 3. The Morgan fingerprint density at radius 2 is 2.11 bits per heavy atom. The molecule has 0 aliphatic carbocycles. The maximum atomic E-state index is 11.8. The van der Waals surface area contributed by atoms with Gasteiger partial charge in [-0.1, -0.05) is 18.2 Å². The number of carbonyl (C=O) groups is 2. The van der Waals surface area contributed by atoms with Crippen LogP contribution in [0, 0.1) is 0 Å². The molecule has 0 radical (unpaired) electrons. The fraction of sp³-hybridized carbons (Fsp3) is 0.0769. The van der Waals surface area contributed by atoms with Crippen molar-refractivity contribution in [3.8, 4) is 0 Å². The van der Waals surface area contributed by atoms with Crippen LogP contribution in [0.15, 0.2) is 36.7 Å². The maximum absolute atomic E-state index is 11.8. The first kappa shape index (κ1) is 12.7. The fourth-order valence-electron chi connectivity index (χ4n) is 1.79. The van der Waals surface area contributed by atoms with Crippen molar-refractivity contribution in [1.82, 2.24) is 10.3 Å². The molecule has 0 atom stereocenters. The van der Waals surface area contributed by atoms with Crippen molar-refractivity contribution in [2.45, 2.75) is 0 Å². The first-order valence-electron chi connectivity index (χ1n) is 5.54. The third kappa shape index (κ3) is 2.57. The molecule has 0 aliphatic heterocycles. The molecule has 1 aromatic heterocycles. The van der Waals surface area contributed by atoms with Crippen molar-refractivity contribution in [2.24, 2.45) is 5.73 Å². The van der Waals surface area contributed by atoms with Gasteiger partial charge in [0.15, 0.2) is 0 Å². The summed E-state index contributed by atoms with van der Waals surface area (Å²) in [6.07, 6.45) is 2.92. The van der Waals surface area contributed by atoms with E-state index in [4.69, 9.17) is 10.5 Å². The second-order valence-corrected chi connectivity index (χ2v) is 3.81. The molecular weight excluding hydrogens is 246 g/mol. The standard InChI is InChI=1S/C13H13N3O3/c1-19-12(17)10(7-16-13(14)18)9-6-15-11-5-3-2-4-8(9)11/h2-7,15H,1H3,(H3,14,16,18)/b10-7+. The molecule has 6 heteroatoms. The van der Waals surface area contributed by atoms with Crippen LogP contribution in [0.5, 0.6) is 0 Å². The number of fused-ring (bicyclic) bond motifs is 1. The average molecular weight is 259 g/mol. The van der Waals surface area contributed by atoms with Crippen LogP contribution in [0.3, 0.4) is 0 Å². The number of ether oxygens (including phenoxy) is 1. The Hall–Kier alpha value is -2.76. The molecule has 0 saturated heterocycles. The van der Waals surface area contributed by atoms with Gasteiger partial charge in [-0.2, -0.15) is 0 Å². The van der Waals surface area contributed by atoms with Crippen LogP contribution in [0.2, 0.25) is 0 Å². The normalized spacial score (nSPS) is 11.3. The molecule has 1 aromatic carbocycles. The number of urea groups is 1. The zero-order chi connectivity index (χ0) is 13.8. The van der Waals surface area contributed by atoms with Gasteiger partial charge >= 0.3 is 12.0 Å². The topological polar surface area (TPSA) is 97.2 Å². The second-order valence-electron chi connectivity index (χ2n) is 3.81. The number of H-pyrrole nitrogens is 1. The van der Waals surface area contributed by atoms with Crippen molar-refractivity contribution < 1.29 is 14.3 Å². The number of hydrogen-bond donors (Lipinski definition) is 3. The molecular formula is C13H13N3O3. The van der Waals surface area contributed by atoms with Gasteiger partial charge in [0, 0.05) is 28.9 Å². The lowest BCUT2D eigenvalue weighted by atomic mass is 10.1. The zero-order valence-corrected chi connectivity index (χ0v) is 10.3. The van der Waals surface area contributed by atoms with Crippen LogP contribution in [-0.2, 0) is 9.53 Å². The van der Waals surface area contributed by atoms with Gasteiger partial charge in [-0.25, -0.2) is 9.59 Å². The summed E-state index contributed by atoms with van der Waals surface area (Å²) >= 11 is 0. The number of hydrogen-bond acceptors (Lipinski definition) is 3. The lowest BCUT2D eigenvalue weighted by Gasteiger charge is -2.04. The maximum Gasteiger partial charge on any atom is 0.340 e. The van der Waals surface area contributed by atoms with Gasteiger partial charge in [0.05, 0.1) is 12.7 Å². The molecule has 19 heavy (non-hydrogen) atoms. The van der Waals surface area contributed by atoms with E-state index in [-0.39, 0.29) is 5.57 Å². The van der Waals surface area contributed by atoms with Crippen molar-refractivity contribution >= 4 is 28.5 Å². The lowest BCUT2D eigenvalue weighted by molar-refractivity contribution is -0.133. The summed E-state index contributed by atoms with van der Waals surface area (Å²) < 4.78 is 4.70. The number of aromatic nitrogens is 1. The highest BCUT2D eigenvalue weighted by Gasteiger charge is 2.16. The lowest BCUT2D eigenvalue weighted by Crippen LogP contribution is -2.25. The Morgan fingerprint density at radius 1 is 1.37 bits per heavy atom. The molecule has 6 nitrogen and oxygen atoms in total. The molecule has 1 heterocycles. The highest BCUT2D eigenvalue weighted by molar-refractivity contribution is 6.20. The number of aromatic amines is 1. The van der Waals surface area contributed by atoms with Gasteiger partial charge in [-0.05, 0) is 6.07 Å². The molecule has 2 amide bonds. The number of amides is 2. The van der Waals surface area contributed by atoms with Crippen molar-refractivity contribution in [1.29, 1.82) is 0 Å². The van der Waals surface area contributed by atoms with Gasteiger partial charge in [-0.3, -0.25) is 0 Å². The predicted octanol–water partition coefficient (Wildman–Crippen LogP) is 1.35. The number of para-hydroxylation sites is 1. The summed E-state index contributed by atoms with van der Waals surface area (Å²) in [5.74, 6) is -0.557. The van der Waals surface area contributed by atoms with Crippen LogP contribution >= 0.6 is 0 Å². The van der Waals surface area contributed by atoms with Crippen molar-refractivity contribution in [3.05, 3.63) is 42.2 Å². The number of carbonyl (C=O) groups excluding carboxylic acids is 2. The molecule has 0 bridgehead atoms. The van der Waals surface area contributed by atoms with Crippen LogP contribution in [0.25, 0.3) is 16.5 Å². The number of esters is 1. The van der Waals surface area contributed by atoms with Crippen LogP contribution < -0.4 is 11.1 Å². The Kier molecular flexibility index (Phi) is 3.51. The minimum absolute atomic E-state index is 0.221. The molecule has 0 saturated carbocycles. The summed E-state index contributed by atoms with van der Waals surface area (Å²) in [5, 5.41) is 3.13. The van der Waals surface area contributed by atoms with E-state index in [1.165, 1.54) is 13.3 Å². The summed E-state index contributed by atoms with van der Waals surface area (Å²) in [6.45, 7) is 0. The van der Waals surface area contributed by atoms with Crippen molar-refractivity contribution in [3.63, 3.8) is 0 Å². The highest BCUT2D eigenvalue weighted by Crippen LogP contribution is 2.25. The monoisotopic (exact) mass is 259 g/mol. The van der Waals surface area contributed by atoms with Gasteiger partial charge in [-0.15, -0.1) is 0 Å². The van der Waals surface area contributed by atoms with E-state index in [0.29, 0.717) is 5.56 Å². The van der Waals surface area contributed by atoms with Gasteiger partial charge in [0.2, 0.25) is 0 Å². The summed E-state index contributed by atoms with van der Waals surface area (Å²) in [7, 11) is 1.27. The van der Waals surface area contributed by atoms with E-state index in [2.05, 4.69) is 10.3 Å². The predicted molar refractivity (Wildman–Crippen MR) is 71.0 cm³/mol. The largest absolute Gasteiger partial charge is 0.465 e. The third-order valence-electron chi connectivity index (χ3n) is 2.64. The van der Waals surface area contributed by atoms with Crippen LogP contribution in [0.4, 0.5) is 4.79 Å². The van der Waals surface area contributed by atoms with Crippen molar-refractivity contribution in [2.75, 3.05) is 7.11 Å². The first-order valence-corrected chi connectivity index (χ1v) is 5.54. The second kappa shape index (κ2) is 5.26. The van der Waals surface area contributed by atoms with Gasteiger partial charge < -0.3 is 20.8 Å². The molecule has 98 valence electrons. The Morgan fingerprint density at radius 3 is 2.79 bits per heavy atom. The highest BCUT2D eigenvalue weighted by atomic mass is 16.5. The fourth-order valence-corrected chi connectivity index (χ4v) is 1.79. The summed E-state index contributed by atoms with van der Waals surface area (Å²) in [4.78, 5) is 25.6. The Balaban J connectivity index is 2.51. The molecule has 0 unspecified atom stereocenters. The average Bonchev–Trinajstić information content (AvgIpc) is 2.82. The Labute approximate surface area is 109 Å². The SMILES string of the molecule is COC(=O)/C(=C/NC(N)=O)c1c[nH]c2ccccc12. The number of benzene rings is 1. The molecule has 2 rings (SSSR count). The van der Waals surface area contributed by atoms with E-state index in [0.717, 1.165) is 10.9 Å². The summed E-state index contributed by atoms with van der Waals surface area (Å²) in [5.41, 5.74) is 6.73. The third-order valence-corrected chi connectivity index (χ3v) is 2.64. The number of primary amides is 1. The molecule has 0 fully saturated rings. The van der Waals surface area contributed by atoms with E-state index in [1.54, 1.807) is 6.20 Å². The van der Waals surface area contributed by atoms with E-state index in [9.17, 15) is 9.59 Å². The Bertz CT molecular complexity index is 658. The molecule has 0 spiro atoms. The zero-order valence-electron chi connectivity index (χ0n) is 10.3. The quantitative estimate of drug-likeness (QED) is 0.573.